The van der Waals surface area contributed by atoms with E-state index in [0.717, 1.165) is 6.42 Å². The summed E-state index contributed by atoms with van der Waals surface area (Å²) in [4.78, 5) is 9.56. The van der Waals surface area contributed by atoms with E-state index in [0.29, 0.717) is 19.0 Å². The predicted molar refractivity (Wildman–Crippen MR) is 53.3 cm³/mol. The molecule has 0 radical (unpaired) electrons. The van der Waals surface area contributed by atoms with E-state index < -0.39 is 0 Å². The molecule has 0 aliphatic rings. The summed E-state index contributed by atoms with van der Waals surface area (Å²) >= 11 is 0. The number of aliphatic hydroxyl groups is 1. The van der Waals surface area contributed by atoms with Gasteiger partial charge in [-0.2, -0.15) is 0 Å². The number of rotatable bonds is 5. The Morgan fingerprint density at radius 1 is 1.46 bits per heavy atom. The van der Waals surface area contributed by atoms with Crippen LogP contribution in [0.2, 0.25) is 0 Å². The highest BCUT2D eigenvalue weighted by atomic mass is 16.5. The third-order valence-electron chi connectivity index (χ3n) is 1.22. The van der Waals surface area contributed by atoms with Gasteiger partial charge in [0.2, 0.25) is 0 Å². The third-order valence-corrected chi connectivity index (χ3v) is 1.22. The lowest BCUT2D eigenvalue weighted by molar-refractivity contribution is -0.128. The van der Waals surface area contributed by atoms with Gasteiger partial charge in [0, 0.05) is 0 Å². The van der Waals surface area contributed by atoms with E-state index in [4.69, 9.17) is 5.11 Å². The van der Waals surface area contributed by atoms with Crippen molar-refractivity contribution in [2.75, 3.05) is 6.61 Å². The normalized spacial score (nSPS) is 11.2. The topological polar surface area (TPSA) is 46.5 Å². The summed E-state index contributed by atoms with van der Waals surface area (Å²) < 4.78 is 4.46. The van der Waals surface area contributed by atoms with E-state index in [1.165, 1.54) is 6.08 Å². The van der Waals surface area contributed by atoms with Crippen molar-refractivity contribution < 1.29 is 14.6 Å². The molecule has 0 bridgehead atoms. The molecule has 0 aromatic rings. The summed E-state index contributed by atoms with van der Waals surface area (Å²) in [5.41, 5.74) is 0. The van der Waals surface area contributed by atoms with Crippen molar-refractivity contribution in [2.24, 2.45) is 5.92 Å². The number of carbonyl (C=O) groups is 1. The highest BCUT2D eigenvalue weighted by Gasteiger charge is 1.90. The lowest BCUT2D eigenvalue weighted by Gasteiger charge is -2.00. The Morgan fingerprint density at radius 3 is 2.15 bits per heavy atom. The standard InChI is InChI=1S/C6H12O2.C4H8O/c1-6(2)3-4-8-5-7;1-3-4(2)5/h5-6H,3-4H2,1-2H3;3-5H,1H2,2H3. The number of hydrogen-bond donors (Lipinski definition) is 1. The van der Waals surface area contributed by atoms with E-state index in [9.17, 15) is 4.79 Å². The zero-order chi connectivity index (χ0) is 10.7. The highest BCUT2D eigenvalue weighted by Crippen LogP contribution is 1.97. The first-order valence-electron chi connectivity index (χ1n) is 4.40. The Kier molecular flexibility index (Phi) is 12.6. The summed E-state index contributed by atoms with van der Waals surface area (Å²) in [5, 5.41) is 8.24. The summed E-state index contributed by atoms with van der Waals surface area (Å²) in [5.74, 6) is 0.620. The minimum Gasteiger partial charge on any atom is -0.468 e. The monoisotopic (exact) mass is 188 g/mol. The van der Waals surface area contributed by atoms with Gasteiger partial charge in [-0.25, -0.2) is 0 Å². The highest BCUT2D eigenvalue weighted by molar-refractivity contribution is 5.36. The quantitative estimate of drug-likeness (QED) is 0.406. The van der Waals surface area contributed by atoms with Gasteiger partial charge in [-0.1, -0.05) is 19.9 Å². The molecule has 3 nitrogen and oxygen atoms in total. The molecule has 1 unspecified atom stereocenters. The second kappa shape index (κ2) is 11.2. The molecule has 0 saturated carbocycles. The fourth-order valence-electron chi connectivity index (χ4n) is 0.352. The molecule has 3 heteroatoms. The smallest absolute Gasteiger partial charge is 0.293 e. The Balaban J connectivity index is 0. The predicted octanol–water partition coefficient (Wildman–Crippen LogP) is 1.76. The molecule has 13 heavy (non-hydrogen) atoms. The van der Waals surface area contributed by atoms with E-state index in [-0.39, 0.29) is 6.10 Å². The van der Waals surface area contributed by atoms with E-state index >= 15 is 0 Å². The molecular formula is C10H20O3. The van der Waals surface area contributed by atoms with Crippen molar-refractivity contribution in [2.45, 2.75) is 33.3 Å². The summed E-state index contributed by atoms with van der Waals surface area (Å²) in [6, 6.07) is 0. The summed E-state index contributed by atoms with van der Waals surface area (Å²) in [6.07, 6.45) is 2.08. The van der Waals surface area contributed by atoms with Crippen LogP contribution < -0.4 is 0 Å². The van der Waals surface area contributed by atoms with Gasteiger partial charge in [-0.05, 0) is 19.3 Å². The van der Waals surface area contributed by atoms with Crippen LogP contribution >= 0.6 is 0 Å². The zero-order valence-corrected chi connectivity index (χ0v) is 8.69. The van der Waals surface area contributed by atoms with Gasteiger partial charge < -0.3 is 9.84 Å². The Hall–Kier alpha value is -0.830. The molecular weight excluding hydrogens is 168 g/mol. The van der Waals surface area contributed by atoms with Crippen molar-refractivity contribution in [3.8, 4) is 0 Å². The van der Waals surface area contributed by atoms with Gasteiger partial charge in [0.1, 0.15) is 0 Å². The van der Waals surface area contributed by atoms with Gasteiger partial charge in [-0.15, -0.1) is 6.58 Å². The molecule has 1 N–H and O–H groups in total. The molecule has 0 heterocycles. The summed E-state index contributed by atoms with van der Waals surface area (Å²) in [6.45, 7) is 10.2. The van der Waals surface area contributed by atoms with Crippen molar-refractivity contribution >= 4 is 6.47 Å². The minimum atomic E-state index is -0.352. The van der Waals surface area contributed by atoms with Gasteiger partial charge in [0.25, 0.3) is 6.47 Å². The van der Waals surface area contributed by atoms with Gasteiger partial charge in [0.05, 0.1) is 12.7 Å². The number of aliphatic hydroxyl groups excluding tert-OH is 1. The third kappa shape index (κ3) is 24.7. The van der Waals surface area contributed by atoms with Crippen LogP contribution in [0.3, 0.4) is 0 Å². The molecule has 0 aliphatic heterocycles. The van der Waals surface area contributed by atoms with Crippen molar-refractivity contribution in [1.29, 1.82) is 0 Å². The Morgan fingerprint density at radius 2 is 1.92 bits per heavy atom. The van der Waals surface area contributed by atoms with Gasteiger partial charge in [-0.3, -0.25) is 4.79 Å². The SMILES string of the molecule is C=CC(C)O.CC(C)CCOC=O. The average molecular weight is 188 g/mol. The van der Waals surface area contributed by atoms with Crippen LogP contribution in [0, 0.1) is 5.92 Å². The Bertz CT molecular complexity index is 119. The van der Waals surface area contributed by atoms with Crippen LogP contribution in [0.25, 0.3) is 0 Å². The largest absolute Gasteiger partial charge is 0.468 e. The molecule has 0 rings (SSSR count). The van der Waals surface area contributed by atoms with Crippen molar-refractivity contribution in [3.05, 3.63) is 12.7 Å². The van der Waals surface area contributed by atoms with Gasteiger partial charge >= 0.3 is 0 Å². The van der Waals surface area contributed by atoms with Crippen LogP contribution in [0.4, 0.5) is 0 Å². The number of carbonyl (C=O) groups excluding carboxylic acids is 1. The maximum absolute atomic E-state index is 9.56. The first-order valence-corrected chi connectivity index (χ1v) is 4.40. The summed E-state index contributed by atoms with van der Waals surface area (Å²) in [7, 11) is 0. The molecule has 0 amide bonds. The molecule has 1 atom stereocenters. The van der Waals surface area contributed by atoms with Crippen LogP contribution in [0.1, 0.15) is 27.2 Å². The Labute approximate surface area is 80.4 Å². The molecule has 78 valence electrons. The van der Waals surface area contributed by atoms with Crippen LogP contribution in [0.5, 0.6) is 0 Å². The lowest BCUT2D eigenvalue weighted by Crippen LogP contribution is -1.96. The maximum atomic E-state index is 9.56. The second-order valence-electron chi connectivity index (χ2n) is 3.13. The lowest BCUT2D eigenvalue weighted by atomic mass is 10.1. The molecule has 0 aromatic heterocycles. The first-order chi connectivity index (χ1) is 6.04. The van der Waals surface area contributed by atoms with Crippen LogP contribution in [0.15, 0.2) is 12.7 Å². The zero-order valence-electron chi connectivity index (χ0n) is 8.69. The van der Waals surface area contributed by atoms with Crippen LogP contribution in [-0.2, 0) is 9.53 Å². The average Bonchev–Trinajstić information content (AvgIpc) is 2.05. The van der Waals surface area contributed by atoms with Crippen molar-refractivity contribution in [3.63, 3.8) is 0 Å². The minimum absolute atomic E-state index is 0.352. The number of hydrogen-bond acceptors (Lipinski definition) is 3. The molecule has 0 aromatic carbocycles. The molecule has 0 aliphatic carbocycles. The van der Waals surface area contributed by atoms with E-state index in [2.05, 4.69) is 25.2 Å². The van der Waals surface area contributed by atoms with Crippen molar-refractivity contribution in [1.82, 2.24) is 0 Å². The fraction of sp³-hybridized carbons (Fsp3) is 0.700. The van der Waals surface area contributed by atoms with Gasteiger partial charge in [0.15, 0.2) is 0 Å². The molecule has 0 spiro atoms. The first kappa shape index (κ1) is 14.7. The molecule has 0 saturated heterocycles. The maximum Gasteiger partial charge on any atom is 0.293 e. The molecule has 0 fully saturated rings. The second-order valence-corrected chi connectivity index (χ2v) is 3.13. The van der Waals surface area contributed by atoms with E-state index in [1.807, 2.05) is 0 Å². The van der Waals surface area contributed by atoms with E-state index in [1.54, 1.807) is 6.92 Å². The van der Waals surface area contributed by atoms with Crippen LogP contribution in [-0.4, -0.2) is 24.3 Å². The number of ether oxygens (including phenoxy) is 1. The fourth-order valence-corrected chi connectivity index (χ4v) is 0.352.